The van der Waals surface area contributed by atoms with Crippen LogP contribution in [0.5, 0.6) is 0 Å². The molecule has 0 spiro atoms. The van der Waals surface area contributed by atoms with Gasteiger partial charge in [0.15, 0.2) is 34.9 Å². The molecule has 0 unspecified atom stereocenters. The van der Waals surface area contributed by atoms with E-state index in [1.54, 1.807) is 53.4 Å². The second-order valence-electron chi connectivity index (χ2n) is 12.1. The molecule has 0 heterocycles. The van der Waals surface area contributed by atoms with Crippen LogP contribution in [-0.4, -0.2) is 0 Å². The summed E-state index contributed by atoms with van der Waals surface area (Å²) in [5, 5.41) is 8.26. The second-order valence-corrected chi connectivity index (χ2v) is 12.1. The Morgan fingerprint density at radius 1 is 0.367 bits per heavy atom. The Kier molecular flexibility index (Phi) is 6.36. The molecular formula is C42H21F6N. The van der Waals surface area contributed by atoms with Crippen molar-refractivity contribution in [3.63, 3.8) is 0 Å². The van der Waals surface area contributed by atoms with Gasteiger partial charge in [0, 0.05) is 28.6 Å². The Labute approximate surface area is 275 Å². The average Bonchev–Trinajstić information content (AvgIpc) is 3.11. The summed E-state index contributed by atoms with van der Waals surface area (Å²) in [6, 6.07) is 36.0. The molecule has 0 aromatic heterocycles. The van der Waals surface area contributed by atoms with E-state index in [9.17, 15) is 17.6 Å². The summed E-state index contributed by atoms with van der Waals surface area (Å²) in [7, 11) is 0. The van der Waals surface area contributed by atoms with Crippen LogP contribution in [0.3, 0.4) is 0 Å². The van der Waals surface area contributed by atoms with Crippen LogP contribution in [0.2, 0.25) is 0 Å². The lowest BCUT2D eigenvalue weighted by Crippen LogP contribution is -2.13. The Bertz CT molecular complexity index is 2640. The number of nitrogens with zero attached hydrogens (tertiary/aromatic N) is 1. The molecule has 0 radical (unpaired) electrons. The van der Waals surface area contributed by atoms with E-state index < -0.39 is 34.9 Å². The van der Waals surface area contributed by atoms with Crippen LogP contribution in [0.1, 0.15) is 0 Å². The maximum Gasteiger partial charge on any atom is 0.194 e. The van der Waals surface area contributed by atoms with Gasteiger partial charge < -0.3 is 4.90 Å². The van der Waals surface area contributed by atoms with E-state index in [1.807, 2.05) is 54.6 Å². The van der Waals surface area contributed by atoms with Crippen LogP contribution in [0.25, 0.3) is 65.0 Å². The maximum atomic E-state index is 15.1. The molecule has 9 aromatic carbocycles. The van der Waals surface area contributed by atoms with Crippen molar-refractivity contribution >= 4 is 70.9 Å². The molecular weight excluding hydrogens is 632 g/mol. The topological polar surface area (TPSA) is 3.24 Å². The second kappa shape index (κ2) is 10.7. The van der Waals surface area contributed by atoms with Gasteiger partial charge in [-0.05, 0) is 78.5 Å². The normalized spacial score (nSPS) is 11.9. The molecule has 9 rings (SSSR count). The van der Waals surface area contributed by atoms with Crippen molar-refractivity contribution < 1.29 is 26.3 Å². The number of halogens is 6. The molecule has 1 nitrogen and oxygen atoms in total. The van der Waals surface area contributed by atoms with E-state index >= 15 is 8.78 Å². The maximum absolute atomic E-state index is 15.1. The zero-order chi connectivity index (χ0) is 33.6. The molecule has 9 aromatic rings. The molecule has 49 heavy (non-hydrogen) atoms. The van der Waals surface area contributed by atoms with Crippen molar-refractivity contribution in [1.29, 1.82) is 0 Å². The summed E-state index contributed by atoms with van der Waals surface area (Å²) in [4.78, 5) is 1.68. The molecule has 0 fully saturated rings. The first-order valence-corrected chi connectivity index (χ1v) is 15.5. The number of hydrogen-bond acceptors (Lipinski definition) is 1. The van der Waals surface area contributed by atoms with Crippen molar-refractivity contribution in [3.05, 3.63) is 162 Å². The molecule has 0 aliphatic carbocycles. The van der Waals surface area contributed by atoms with Crippen LogP contribution in [-0.2, 0) is 0 Å². The summed E-state index contributed by atoms with van der Waals surface area (Å²) in [6.07, 6.45) is 0. The Morgan fingerprint density at radius 3 is 1.29 bits per heavy atom. The van der Waals surface area contributed by atoms with E-state index in [1.165, 1.54) is 0 Å². The van der Waals surface area contributed by atoms with Gasteiger partial charge in [-0.1, -0.05) is 91.0 Å². The Hall–Kier alpha value is -6.08. The zero-order valence-corrected chi connectivity index (χ0v) is 25.3. The lowest BCUT2D eigenvalue weighted by molar-refractivity contribution is 0.447. The van der Waals surface area contributed by atoms with Gasteiger partial charge in [0.2, 0.25) is 0 Å². The average molecular weight is 654 g/mol. The fourth-order valence-electron chi connectivity index (χ4n) is 7.30. The van der Waals surface area contributed by atoms with Gasteiger partial charge in [-0.2, -0.15) is 0 Å². The standard InChI is InChI=1S/C42H21F6N/c43-33-18-26(19-34(44)40(33)47)39-29-8-1-3-10-31(29)42(32-11-4-2-9-30(32)39)49(28-20-35(45)41(48)36(46)21-28)27-16-24-14-12-22-6-5-7-23-13-15-25(17-27)38(24)37(22)23/h1-21H. The van der Waals surface area contributed by atoms with Gasteiger partial charge >= 0.3 is 0 Å². The fraction of sp³-hybridized carbons (Fsp3) is 0. The zero-order valence-electron chi connectivity index (χ0n) is 25.3. The molecule has 0 atom stereocenters. The number of hydrogen-bond donors (Lipinski definition) is 0. The molecule has 0 aliphatic heterocycles. The molecule has 0 N–H and O–H groups in total. The minimum absolute atomic E-state index is 0.0196. The number of rotatable bonds is 4. The molecule has 0 amide bonds. The summed E-state index contributed by atoms with van der Waals surface area (Å²) in [6.45, 7) is 0. The molecule has 0 bridgehead atoms. The minimum atomic E-state index is -1.59. The predicted molar refractivity (Wildman–Crippen MR) is 185 cm³/mol. The molecule has 0 aliphatic rings. The largest absolute Gasteiger partial charge is 0.309 e. The van der Waals surface area contributed by atoms with Gasteiger partial charge in [0.25, 0.3) is 0 Å². The van der Waals surface area contributed by atoms with Crippen LogP contribution >= 0.6 is 0 Å². The number of fused-ring (bicyclic) bond motifs is 2. The van der Waals surface area contributed by atoms with E-state index in [4.69, 9.17) is 0 Å². The molecule has 7 heteroatoms. The summed E-state index contributed by atoms with van der Waals surface area (Å²) in [5.41, 5.74) is 1.61. The predicted octanol–water partition coefficient (Wildman–Crippen LogP) is 12.9. The van der Waals surface area contributed by atoms with E-state index in [0.29, 0.717) is 38.5 Å². The van der Waals surface area contributed by atoms with Crippen LogP contribution in [0, 0.1) is 34.9 Å². The first-order valence-electron chi connectivity index (χ1n) is 15.5. The lowest BCUT2D eigenvalue weighted by Gasteiger charge is -2.30. The van der Waals surface area contributed by atoms with Gasteiger partial charge in [-0.3, -0.25) is 0 Å². The third-order valence-electron chi connectivity index (χ3n) is 9.33. The van der Waals surface area contributed by atoms with Gasteiger partial charge in [-0.15, -0.1) is 0 Å². The molecule has 0 saturated carbocycles. The third kappa shape index (κ3) is 4.35. The van der Waals surface area contributed by atoms with Crippen LogP contribution in [0.4, 0.5) is 43.4 Å². The summed E-state index contributed by atoms with van der Waals surface area (Å²) < 4.78 is 88.0. The van der Waals surface area contributed by atoms with Crippen molar-refractivity contribution in [1.82, 2.24) is 0 Å². The number of anilines is 3. The van der Waals surface area contributed by atoms with Gasteiger partial charge in [0.1, 0.15) is 0 Å². The number of benzene rings is 9. The molecule has 236 valence electrons. The fourth-order valence-corrected chi connectivity index (χ4v) is 7.30. The van der Waals surface area contributed by atoms with E-state index in [-0.39, 0.29) is 11.3 Å². The highest BCUT2D eigenvalue weighted by molar-refractivity contribution is 6.25. The monoisotopic (exact) mass is 653 g/mol. The van der Waals surface area contributed by atoms with Gasteiger partial charge in [0.05, 0.1) is 11.4 Å². The van der Waals surface area contributed by atoms with E-state index in [0.717, 1.165) is 56.6 Å². The quantitative estimate of drug-likeness (QED) is 0.0791. The van der Waals surface area contributed by atoms with E-state index in [2.05, 4.69) is 0 Å². The van der Waals surface area contributed by atoms with Crippen molar-refractivity contribution in [2.75, 3.05) is 4.90 Å². The highest BCUT2D eigenvalue weighted by atomic mass is 19.2. The minimum Gasteiger partial charge on any atom is -0.309 e. The smallest absolute Gasteiger partial charge is 0.194 e. The van der Waals surface area contributed by atoms with Crippen LogP contribution < -0.4 is 4.90 Å². The van der Waals surface area contributed by atoms with Crippen molar-refractivity contribution in [2.24, 2.45) is 0 Å². The third-order valence-corrected chi connectivity index (χ3v) is 9.33. The lowest BCUT2D eigenvalue weighted by atomic mass is 9.89. The molecule has 0 saturated heterocycles. The SMILES string of the molecule is Fc1cc(-c2c3ccccc3c(N(c3cc(F)c(F)c(F)c3)c3cc4ccc5cccc6ccc(c3)c4c56)c3ccccc23)cc(F)c1F. The first-order chi connectivity index (χ1) is 23.8. The first kappa shape index (κ1) is 29.1. The van der Waals surface area contributed by atoms with Crippen molar-refractivity contribution in [3.8, 4) is 11.1 Å². The highest BCUT2D eigenvalue weighted by Gasteiger charge is 2.26. The summed E-state index contributed by atoms with van der Waals surface area (Å²) >= 11 is 0. The van der Waals surface area contributed by atoms with Gasteiger partial charge in [-0.25, -0.2) is 26.3 Å². The van der Waals surface area contributed by atoms with Crippen LogP contribution in [0.15, 0.2) is 127 Å². The Morgan fingerprint density at radius 2 is 0.776 bits per heavy atom. The highest BCUT2D eigenvalue weighted by Crippen LogP contribution is 2.49. The van der Waals surface area contributed by atoms with Crippen molar-refractivity contribution in [2.45, 2.75) is 0 Å². The summed E-state index contributed by atoms with van der Waals surface area (Å²) in [5.74, 6) is -8.56. The Balaban J connectivity index is 1.43.